The van der Waals surface area contributed by atoms with E-state index in [4.69, 9.17) is 22.9 Å². The average molecular weight is 228 g/mol. The average Bonchev–Trinajstić information content (AvgIpc) is 2.29. The van der Waals surface area contributed by atoms with Gasteiger partial charge in [-0.15, -0.1) is 0 Å². The van der Waals surface area contributed by atoms with Gasteiger partial charge in [0.25, 0.3) is 0 Å². The molecule has 0 saturated carbocycles. The summed E-state index contributed by atoms with van der Waals surface area (Å²) in [7, 11) is 0. The Bertz CT molecular complexity index is 532. The summed E-state index contributed by atoms with van der Waals surface area (Å²) in [4.78, 5) is 0. The van der Waals surface area contributed by atoms with Gasteiger partial charge in [0.15, 0.2) is 0 Å². The highest BCUT2D eigenvalue weighted by atomic mass is 14.7. The molecule has 0 atom stereocenters. The minimum absolute atomic E-state index is 0.517. The van der Waals surface area contributed by atoms with Crippen LogP contribution < -0.4 is 22.9 Å². The summed E-state index contributed by atoms with van der Waals surface area (Å²) in [6.45, 7) is 0. The summed E-state index contributed by atoms with van der Waals surface area (Å²) >= 11 is 0. The zero-order valence-electron chi connectivity index (χ0n) is 9.48. The van der Waals surface area contributed by atoms with Crippen LogP contribution >= 0.6 is 0 Å². The highest BCUT2D eigenvalue weighted by molar-refractivity contribution is 5.71. The van der Waals surface area contributed by atoms with Crippen molar-refractivity contribution in [3.05, 3.63) is 47.5 Å². The molecule has 2 aromatic rings. The van der Waals surface area contributed by atoms with Gasteiger partial charge < -0.3 is 22.9 Å². The SMILES string of the molecule is Nc1ccc(Cc2cc(N)c(N)cc2N)cc1. The van der Waals surface area contributed by atoms with Gasteiger partial charge in [0, 0.05) is 11.4 Å². The lowest BCUT2D eigenvalue weighted by Gasteiger charge is -2.09. The van der Waals surface area contributed by atoms with Gasteiger partial charge in [0.2, 0.25) is 0 Å². The molecule has 0 aliphatic heterocycles. The maximum Gasteiger partial charge on any atom is 0.0568 e. The summed E-state index contributed by atoms with van der Waals surface area (Å²) in [5.74, 6) is 0. The van der Waals surface area contributed by atoms with E-state index in [1.54, 1.807) is 6.07 Å². The molecule has 0 saturated heterocycles. The normalized spacial score (nSPS) is 10.4. The van der Waals surface area contributed by atoms with Crippen molar-refractivity contribution < 1.29 is 0 Å². The van der Waals surface area contributed by atoms with Gasteiger partial charge in [0.05, 0.1) is 11.4 Å². The van der Waals surface area contributed by atoms with E-state index in [-0.39, 0.29) is 0 Å². The van der Waals surface area contributed by atoms with Gasteiger partial charge in [-0.3, -0.25) is 0 Å². The van der Waals surface area contributed by atoms with Crippen LogP contribution in [0.25, 0.3) is 0 Å². The molecule has 4 nitrogen and oxygen atoms in total. The lowest BCUT2D eigenvalue weighted by atomic mass is 10.0. The van der Waals surface area contributed by atoms with Crippen LogP contribution in [0.2, 0.25) is 0 Å². The molecule has 0 fully saturated rings. The Labute approximate surface area is 100 Å². The Hall–Kier alpha value is -2.36. The van der Waals surface area contributed by atoms with Crippen LogP contribution in [0.5, 0.6) is 0 Å². The molecule has 0 amide bonds. The number of hydrogen-bond acceptors (Lipinski definition) is 4. The second kappa shape index (κ2) is 4.25. The second-order valence-corrected chi connectivity index (χ2v) is 4.10. The van der Waals surface area contributed by atoms with Gasteiger partial charge in [-0.2, -0.15) is 0 Å². The van der Waals surface area contributed by atoms with Crippen molar-refractivity contribution in [2.75, 3.05) is 22.9 Å². The minimum Gasteiger partial charge on any atom is -0.399 e. The first-order valence-corrected chi connectivity index (χ1v) is 5.34. The number of benzene rings is 2. The molecule has 0 unspecified atom stereocenters. The number of nitrogen functional groups attached to an aromatic ring is 4. The van der Waals surface area contributed by atoms with Gasteiger partial charge in [0.1, 0.15) is 0 Å². The van der Waals surface area contributed by atoms with Crippen molar-refractivity contribution in [3.63, 3.8) is 0 Å². The molecule has 88 valence electrons. The summed E-state index contributed by atoms with van der Waals surface area (Å²) in [5.41, 5.74) is 27.6. The van der Waals surface area contributed by atoms with Crippen molar-refractivity contribution in [1.82, 2.24) is 0 Å². The van der Waals surface area contributed by atoms with Crippen molar-refractivity contribution in [2.24, 2.45) is 0 Å². The molecule has 0 aromatic heterocycles. The topological polar surface area (TPSA) is 104 Å². The largest absolute Gasteiger partial charge is 0.399 e. The fraction of sp³-hybridized carbons (Fsp3) is 0.0769. The van der Waals surface area contributed by atoms with Crippen LogP contribution in [0, 0.1) is 0 Å². The standard InChI is InChI=1S/C13H16N4/c14-10-3-1-8(2-4-10)5-9-6-12(16)13(17)7-11(9)15/h1-4,6-7H,5,14-17H2. The summed E-state index contributed by atoms with van der Waals surface area (Å²) in [5, 5.41) is 0. The first kappa shape index (κ1) is 11.1. The monoisotopic (exact) mass is 228 g/mol. The fourth-order valence-electron chi connectivity index (χ4n) is 1.71. The molecular formula is C13H16N4. The summed E-state index contributed by atoms with van der Waals surface area (Å²) < 4.78 is 0. The predicted octanol–water partition coefficient (Wildman–Crippen LogP) is 1.61. The van der Waals surface area contributed by atoms with Gasteiger partial charge in [-0.25, -0.2) is 0 Å². The lowest BCUT2D eigenvalue weighted by molar-refractivity contribution is 1.20. The summed E-state index contributed by atoms with van der Waals surface area (Å²) in [6.07, 6.45) is 0.719. The van der Waals surface area contributed by atoms with Crippen LogP contribution in [0.1, 0.15) is 11.1 Å². The zero-order chi connectivity index (χ0) is 12.4. The van der Waals surface area contributed by atoms with Gasteiger partial charge >= 0.3 is 0 Å². The maximum atomic E-state index is 5.91. The van der Waals surface area contributed by atoms with Crippen molar-refractivity contribution in [2.45, 2.75) is 6.42 Å². The van der Waals surface area contributed by atoms with E-state index in [1.807, 2.05) is 30.3 Å². The molecule has 4 heteroatoms. The third-order valence-corrected chi connectivity index (χ3v) is 2.72. The van der Waals surface area contributed by atoms with E-state index in [1.165, 1.54) is 0 Å². The van der Waals surface area contributed by atoms with Gasteiger partial charge in [-0.1, -0.05) is 12.1 Å². The Kier molecular flexibility index (Phi) is 2.78. The van der Waals surface area contributed by atoms with E-state index in [9.17, 15) is 0 Å². The van der Waals surface area contributed by atoms with E-state index in [0.29, 0.717) is 17.1 Å². The lowest BCUT2D eigenvalue weighted by Crippen LogP contribution is -2.01. The Balaban J connectivity index is 2.30. The number of nitrogens with two attached hydrogens (primary N) is 4. The molecule has 0 radical (unpaired) electrons. The molecule has 0 aliphatic rings. The van der Waals surface area contributed by atoms with Crippen molar-refractivity contribution >= 4 is 22.7 Å². The van der Waals surface area contributed by atoms with Crippen LogP contribution in [0.4, 0.5) is 22.7 Å². The molecule has 0 spiro atoms. The zero-order valence-corrected chi connectivity index (χ0v) is 9.48. The van der Waals surface area contributed by atoms with Crippen LogP contribution in [0.3, 0.4) is 0 Å². The minimum atomic E-state index is 0.517. The fourth-order valence-corrected chi connectivity index (χ4v) is 1.71. The quantitative estimate of drug-likeness (QED) is 0.586. The highest BCUT2D eigenvalue weighted by Crippen LogP contribution is 2.25. The number of rotatable bonds is 2. The van der Waals surface area contributed by atoms with E-state index in [2.05, 4.69) is 0 Å². The molecule has 8 N–H and O–H groups in total. The van der Waals surface area contributed by atoms with Gasteiger partial charge in [-0.05, 0) is 41.8 Å². The first-order chi connectivity index (χ1) is 8.06. The molecule has 0 bridgehead atoms. The van der Waals surface area contributed by atoms with Crippen molar-refractivity contribution in [1.29, 1.82) is 0 Å². The molecular weight excluding hydrogens is 212 g/mol. The predicted molar refractivity (Wildman–Crippen MR) is 73.3 cm³/mol. The van der Waals surface area contributed by atoms with Crippen LogP contribution in [-0.2, 0) is 6.42 Å². The molecule has 2 rings (SSSR count). The highest BCUT2D eigenvalue weighted by Gasteiger charge is 2.04. The molecule has 17 heavy (non-hydrogen) atoms. The Morgan fingerprint density at radius 3 is 1.94 bits per heavy atom. The number of anilines is 4. The van der Waals surface area contributed by atoms with Crippen LogP contribution in [-0.4, -0.2) is 0 Å². The first-order valence-electron chi connectivity index (χ1n) is 5.34. The molecule has 0 aliphatic carbocycles. The third kappa shape index (κ3) is 2.42. The smallest absolute Gasteiger partial charge is 0.0568 e. The number of hydrogen-bond donors (Lipinski definition) is 4. The summed E-state index contributed by atoms with van der Waals surface area (Å²) in [6, 6.07) is 11.2. The third-order valence-electron chi connectivity index (χ3n) is 2.72. The maximum absolute atomic E-state index is 5.91. The Morgan fingerprint density at radius 1 is 0.706 bits per heavy atom. The van der Waals surface area contributed by atoms with Crippen LogP contribution in [0.15, 0.2) is 36.4 Å². The molecule has 0 heterocycles. The molecule has 2 aromatic carbocycles. The Morgan fingerprint density at radius 2 is 1.29 bits per heavy atom. The second-order valence-electron chi connectivity index (χ2n) is 4.10. The van der Waals surface area contributed by atoms with E-state index in [0.717, 1.165) is 23.2 Å². The van der Waals surface area contributed by atoms with E-state index < -0.39 is 0 Å². The van der Waals surface area contributed by atoms with Crippen molar-refractivity contribution in [3.8, 4) is 0 Å². The van der Waals surface area contributed by atoms with E-state index >= 15 is 0 Å².